The number of aromatic hydroxyl groups is 2. The van der Waals surface area contributed by atoms with Gasteiger partial charge in [0.2, 0.25) is 0 Å². The van der Waals surface area contributed by atoms with Gasteiger partial charge in [-0.15, -0.1) is 0 Å². The minimum Gasteiger partial charge on any atom is -0.508 e. The van der Waals surface area contributed by atoms with E-state index in [-0.39, 0.29) is 28.5 Å². The van der Waals surface area contributed by atoms with E-state index in [1.807, 2.05) is 0 Å². The van der Waals surface area contributed by atoms with E-state index in [0.29, 0.717) is 16.8 Å². The van der Waals surface area contributed by atoms with Crippen LogP contribution in [0, 0.1) is 19.4 Å². The summed E-state index contributed by atoms with van der Waals surface area (Å²) >= 11 is 6.33. The molecule has 41 heavy (non-hydrogen) atoms. The number of hydrogen-bond donors (Lipinski definition) is 4. The number of carbonyl (C=O) groups excluding carboxylic acids is 3. The van der Waals surface area contributed by atoms with E-state index in [0.717, 1.165) is 4.90 Å². The number of phenolic OH excluding ortho intramolecular Hbond substituents is 2. The molecule has 0 spiro atoms. The minimum absolute atomic E-state index is 0.0254. The van der Waals surface area contributed by atoms with Crippen LogP contribution >= 0.6 is 11.6 Å². The Hall–Kier alpha value is -4.68. The van der Waals surface area contributed by atoms with E-state index in [1.54, 1.807) is 58.0 Å². The van der Waals surface area contributed by atoms with Crippen molar-refractivity contribution in [3.63, 3.8) is 0 Å². The van der Waals surface area contributed by atoms with Crippen molar-refractivity contribution in [2.24, 2.45) is 0 Å². The standard InChI is InChI=1S/C31H32ClN3O6/c1-6-35(29(39)25(33-30(40)41-31(3,4)5)17-20-13-15-22(36)16-14-20)27(21-10-8-11-23(37)18-21)28(38)34-26-19(2)9-7-12-24(26)32/h1,7-16,18,25,27,36-37H,17H2,2-5H3,(H,33,40)(H,34,38). The Morgan fingerprint density at radius 2 is 1.68 bits per heavy atom. The molecule has 3 aromatic carbocycles. The van der Waals surface area contributed by atoms with Crippen molar-refractivity contribution in [1.29, 1.82) is 0 Å². The SMILES string of the molecule is C#CN(C(=O)C(Cc1ccc(O)cc1)NC(=O)OC(C)(C)C)C(C(=O)Nc1c(C)cccc1Cl)c1cccc(O)c1. The zero-order valence-corrected chi connectivity index (χ0v) is 23.9. The predicted octanol–water partition coefficient (Wildman–Crippen LogP) is 5.29. The number of para-hydroxylation sites is 1. The molecule has 0 fully saturated rings. The van der Waals surface area contributed by atoms with Gasteiger partial charge in [-0.1, -0.05) is 54.4 Å². The fraction of sp³-hybridized carbons (Fsp3) is 0.258. The molecule has 3 aromatic rings. The third-order valence-corrected chi connectivity index (χ3v) is 6.22. The van der Waals surface area contributed by atoms with Gasteiger partial charge in [-0.05, 0) is 74.7 Å². The number of nitrogens with one attached hydrogen (secondary N) is 2. The number of benzene rings is 3. The summed E-state index contributed by atoms with van der Waals surface area (Å²) in [6, 6.07) is 16.5. The molecule has 2 unspecified atom stereocenters. The number of carbonyl (C=O) groups is 3. The lowest BCUT2D eigenvalue weighted by atomic mass is 10.0. The minimum atomic E-state index is -1.42. The van der Waals surface area contributed by atoms with Crippen LogP contribution in [-0.2, 0) is 20.7 Å². The lowest BCUT2D eigenvalue weighted by Crippen LogP contribution is -2.51. The Bertz CT molecular complexity index is 1440. The molecule has 214 valence electrons. The lowest BCUT2D eigenvalue weighted by molar-refractivity contribution is -0.136. The average Bonchev–Trinajstić information content (AvgIpc) is 2.88. The summed E-state index contributed by atoms with van der Waals surface area (Å²) in [6.07, 6.45) is 4.94. The van der Waals surface area contributed by atoms with Gasteiger partial charge < -0.3 is 25.6 Å². The number of hydrogen-bond acceptors (Lipinski definition) is 6. The van der Waals surface area contributed by atoms with E-state index in [9.17, 15) is 24.6 Å². The van der Waals surface area contributed by atoms with Crippen LogP contribution in [0.1, 0.15) is 43.5 Å². The van der Waals surface area contributed by atoms with Crippen LogP contribution in [0.5, 0.6) is 11.5 Å². The third kappa shape index (κ3) is 8.40. The van der Waals surface area contributed by atoms with Crippen LogP contribution in [0.25, 0.3) is 0 Å². The lowest BCUT2D eigenvalue weighted by Gasteiger charge is -2.30. The number of ether oxygens (including phenoxy) is 1. The largest absolute Gasteiger partial charge is 0.508 e. The number of amides is 3. The molecule has 0 radical (unpaired) electrons. The highest BCUT2D eigenvalue weighted by Crippen LogP contribution is 2.30. The zero-order valence-electron chi connectivity index (χ0n) is 23.1. The maximum atomic E-state index is 14.0. The first-order chi connectivity index (χ1) is 19.3. The highest BCUT2D eigenvalue weighted by atomic mass is 35.5. The Morgan fingerprint density at radius 3 is 2.27 bits per heavy atom. The molecule has 3 amide bonds. The van der Waals surface area contributed by atoms with Gasteiger partial charge in [0, 0.05) is 12.5 Å². The van der Waals surface area contributed by atoms with Gasteiger partial charge in [-0.3, -0.25) is 14.5 Å². The maximum absolute atomic E-state index is 14.0. The molecule has 0 bridgehead atoms. The average molecular weight is 578 g/mol. The van der Waals surface area contributed by atoms with Crippen molar-refractivity contribution in [2.75, 3.05) is 5.32 Å². The predicted molar refractivity (Wildman–Crippen MR) is 156 cm³/mol. The molecule has 0 aliphatic heterocycles. The third-order valence-electron chi connectivity index (χ3n) is 5.90. The molecule has 10 heteroatoms. The first kappa shape index (κ1) is 30.9. The number of phenols is 2. The molecule has 0 saturated carbocycles. The van der Waals surface area contributed by atoms with Crippen molar-refractivity contribution in [1.82, 2.24) is 10.2 Å². The van der Waals surface area contributed by atoms with Crippen LogP contribution in [0.4, 0.5) is 10.5 Å². The highest BCUT2D eigenvalue weighted by Gasteiger charge is 2.36. The van der Waals surface area contributed by atoms with Gasteiger partial charge in [0.05, 0.1) is 10.7 Å². The second-order valence-corrected chi connectivity index (χ2v) is 10.7. The van der Waals surface area contributed by atoms with Gasteiger partial charge in [0.1, 0.15) is 29.2 Å². The van der Waals surface area contributed by atoms with Crippen LogP contribution in [0.2, 0.25) is 5.02 Å². The zero-order chi connectivity index (χ0) is 30.3. The topological polar surface area (TPSA) is 128 Å². The number of anilines is 1. The van der Waals surface area contributed by atoms with Gasteiger partial charge in [0.25, 0.3) is 11.8 Å². The summed E-state index contributed by atoms with van der Waals surface area (Å²) < 4.78 is 5.36. The van der Waals surface area contributed by atoms with E-state index in [1.165, 1.54) is 36.4 Å². The van der Waals surface area contributed by atoms with Crippen molar-refractivity contribution in [2.45, 2.75) is 51.8 Å². The quantitative estimate of drug-likeness (QED) is 0.213. The Kier molecular flexibility index (Phi) is 9.87. The molecule has 9 nitrogen and oxygen atoms in total. The molecular weight excluding hydrogens is 546 g/mol. The molecule has 4 N–H and O–H groups in total. The summed E-state index contributed by atoms with van der Waals surface area (Å²) in [5.74, 6) is -1.60. The summed E-state index contributed by atoms with van der Waals surface area (Å²) in [7, 11) is 0. The summed E-state index contributed by atoms with van der Waals surface area (Å²) in [4.78, 5) is 41.4. The molecule has 2 atom stereocenters. The van der Waals surface area contributed by atoms with E-state index >= 15 is 0 Å². The smallest absolute Gasteiger partial charge is 0.408 e. The van der Waals surface area contributed by atoms with Crippen LogP contribution in [-0.4, -0.2) is 44.7 Å². The van der Waals surface area contributed by atoms with Crippen LogP contribution in [0.3, 0.4) is 0 Å². The highest BCUT2D eigenvalue weighted by molar-refractivity contribution is 6.34. The fourth-order valence-electron chi connectivity index (χ4n) is 4.05. The summed E-state index contributed by atoms with van der Waals surface area (Å²) in [6.45, 7) is 6.79. The number of halogens is 1. The van der Waals surface area contributed by atoms with Crippen molar-refractivity contribution < 1.29 is 29.3 Å². The second-order valence-electron chi connectivity index (χ2n) is 10.3. The van der Waals surface area contributed by atoms with Crippen molar-refractivity contribution in [3.8, 4) is 24.0 Å². The first-order valence-corrected chi connectivity index (χ1v) is 13.1. The number of terminal acetylenes is 1. The molecule has 0 saturated heterocycles. The molecule has 3 rings (SSSR count). The molecule has 0 heterocycles. The molecule has 0 aromatic heterocycles. The Labute approximate surface area is 244 Å². The van der Waals surface area contributed by atoms with Crippen LogP contribution < -0.4 is 10.6 Å². The number of alkyl carbamates (subject to hydrolysis) is 1. The van der Waals surface area contributed by atoms with Crippen molar-refractivity contribution >= 4 is 35.2 Å². The van der Waals surface area contributed by atoms with Crippen molar-refractivity contribution in [3.05, 3.63) is 88.4 Å². The van der Waals surface area contributed by atoms with Gasteiger partial charge in [-0.25, -0.2) is 4.79 Å². The van der Waals surface area contributed by atoms with E-state index in [4.69, 9.17) is 22.8 Å². The van der Waals surface area contributed by atoms with E-state index in [2.05, 4.69) is 16.7 Å². The van der Waals surface area contributed by atoms with Crippen LogP contribution in [0.15, 0.2) is 66.7 Å². The first-order valence-electron chi connectivity index (χ1n) is 12.7. The summed E-state index contributed by atoms with van der Waals surface area (Å²) in [5.41, 5.74) is 0.981. The Balaban J connectivity index is 2.04. The fourth-order valence-corrected chi connectivity index (χ4v) is 4.31. The Morgan fingerprint density at radius 1 is 1.02 bits per heavy atom. The van der Waals surface area contributed by atoms with Gasteiger partial charge >= 0.3 is 6.09 Å². The molecule has 0 aliphatic rings. The normalized spacial score (nSPS) is 12.4. The number of rotatable bonds is 8. The monoisotopic (exact) mass is 577 g/mol. The number of nitrogens with zero attached hydrogens (tertiary/aromatic N) is 1. The molecular formula is C31H32ClN3O6. The molecule has 0 aliphatic carbocycles. The maximum Gasteiger partial charge on any atom is 0.408 e. The van der Waals surface area contributed by atoms with Gasteiger partial charge in [-0.2, -0.15) is 0 Å². The second kappa shape index (κ2) is 13.1. The number of aryl methyl sites for hydroxylation is 1. The van der Waals surface area contributed by atoms with Gasteiger partial charge in [0.15, 0.2) is 0 Å². The summed E-state index contributed by atoms with van der Waals surface area (Å²) in [5, 5.41) is 25.4. The van der Waals surface area contributed by atoms with E-state index < -0.39 is 35.6 Å².